The Labute approximate surface area is 183 Å². The van der Waals surface area contributed by atoms with Crippen molar-refractivity contribution in [3.05, 3.63) is 95.6 Å². The molecule has 0 aliphatic rings. The molecule has 3 aromatic rings. The number of alkyl halides is 3. The first-order chi connectivity index (χ1) is 15.3. The summed E-state index contributed by atoms with van der Waals surface area (Å²) in [5, 5.41) is 16.1. The molecule has 0 radical (unpaired) electrons. The van der Waals surface area contributed by atoms with Crippen LogP contribution in [0.2, 0.25) is 0 Å². The number of hydrogen-bond acceptors (Lipinski definition) is 5. The van der Waals surface area contributed by atoms with Crippen LogP contribution in [0.15, 0.2) is 73.1 Å². The van der Waals surface area contributed by atoms with Crippen LogP contribution >= 0.6 is 0 Å². The second-order valence-electron chi connectivity index (χ2n) is 7.20. The van der Waals surface area contributed by atoms with Crippen molar-refractivity contribution in [2.24, 2.45) is 5.92 Å². The minimum absolute atomic E-state index is 0.0901. The molecule has 2 atom stereocenters. The third-order valence-corrected chi connectivity index (χ3v) is 4.94. The van der Waals surface area contributed by atoms with Crippen LogP contribution in [0.25, 0.3) is 0 Å². The lowest BCUT2D eigenvalue weighted by Gasteiger charge is -2.26. The summed E-state index contributed by atoms with van der Waals surface area (Å²) < 4.78 is 38.9. The molecule has 2 unspecified atom stereocenters. The van der Waals surface area contributed by atoms with Crippen LogP contribution in [0.3, 0.4) is 0 Å². The van der Waals surface area contributed by atoms with Gasteiger partial charge in [-0.1, -0.05) is 24.3 Å². The molecule has 0 spiro atoms. The molecule has 2 heterocycles. The summed E-state index contributed by atoms with van der Waals surface area (Å²) in [4.78, 5) is 20.5. The average Bonchev–Trinajstić information content (AvgIpc) is 2.79. The first kappa shape index (κ1) is 23.4. The zero-order valence-electron chi connectivity index (χ0n) is 17.1. The number of halogens is 3. The van der Waals surface area contributed by atoms with Gasteiger partial charge in [0.15, 0.2) is 0 Å². The summed E-state index contributed by atoms with van der Waals surface area (Å²) in [6.07, 6.45) is -1.20. The average molecular weight is 444 g/mol. The minimum atomic E-state index is -4.47. The predicted octanol–water partition coefficient (Wildman–Crippen LogP) is 3.82. The number of nitrogens with zero attached hydrogens (tertiary/aromatic N) is 2. The van der Waals surface area contributed by atoms with Crippen molar-refractivity contribution in [2.75, 3.05) is 6.54 Å². The quantitative estimate of drug-likeness (QED) is 0.441. The number of aromatic nitrogens is 2. The summed E-state index contributed by atoms with van der Waals surface area (Å²) in [5.74, 6) is -2.02. The van der Waals surface area contributed by atoms with Crippen molar-refractivity contribution < 1.29 is 23.1 Å². The molecule has 6 nitrogen and oxygen atoms in total. The van der Waals surface area contributed by atoms with E-state index in [0.29, 0.717) is 17.8 Å². The fourth-order valence-corrected chi connectivity index (χ4v) is 3.30. The van der Waals surface area contributed by atoms with Gasteiger partial charge in [-0.05, 0) is 42.0 Å². The van der Waals surface area contributed by atoms with Crippen molar-refractivity contribution in [1.29, 1.82) is 0 Å². The van der Waals surface area contributed by atoms with Crippen molar-refractivity contribution in [1.82, 2.24) is 20.6 Å². The SMILES string of the molecule is O=C(O)C(CNCc1ccccn1)C(NCc1ccccn1)c1ccc(C(F)(F)F)cc1. The molecule has 0 saturated heterocycles. The number of pyridine rings is 2. The Kier molecular flexibility index (Phi) is 7.91. The van der Waals surface area contributed by atoms with Gasteiger partial charge in [-0.15, -0.1) is 0 Å². The van der Waals surface area contributed by atoms with E-state index in [1.165, 1.54) is 12.1 Å². The zero-order valence-corrected chi connectivity index (χ0v) is 17.1. The van der Waals surface area contributed by atoms with E-state index in [4.69, 9.17) is 0 Å². The van der Waals surface area contributed by atoms with Crippen molar-refractivity contribution in [3.63, 3.8) is 0 Å². The third kappa shape index (κ3) is 6.60. The maximum Gasteiger partial charge on any atom is 0.416 e. The molecule has 0 saturated carbocycles. The highest BCUT2D eigenvalue weighted by Crippen LogP contribution is 2.31. The summed E-state index contributed by atoms with van der Waals surface area (Å²) in [5.41, 5.74) is 1.10. The first-order valence-corrected chi connectivity index (χ1v) is 9.98. The highest BCUT2D eigenvalue weighted by Gasteiger charge is 2.32. The first-order valence-electron chi connectivity index (χ1n) is 9.98. The standard InChI is InChI=1S/C23H23F3N4O2/c24-23(25,26)17-9-7-16(8-10-17)21(30-14-19-6-2-4-12-29-19)20(22(31)32)15-27-13-18-5-1-3-11-28-18/h1-12,20-21,27,30H,13-15H2,(H,31,32). The molecule has 2 aromatic heterocycles. The molecule has 0 amide bonds. The Hall–Kier alpha value is -3.30. The van der Waals surface area contributed by atoms with E-state index in [-0.39, 0.29) is 13.1 Å². The number of carboxylic acids is 1. The molecule has 32 heavy (non-hydrogen) atoms. The fourth-order valence-electron chi connectivity index (χ4n) is 3.30. The molecule has 0 aliphatic heterocycles. The summed E-state index contributed by atoms with van der Waals surface area (Å²) in [7, 11) is 0. The number of nitrogens with one attached hydrogen (secondary N) is 2. The van der Waals surface area contributed by atoms with Gasteiger partial charge < -0.3 is 15.7 Å². The predicted molar refractivity (Wildman–Crippen MR) is 112 cm³/mol. The van der Waals surface area contributed by atoms with E-state index in [0.717, 1.165) is 17.8 Å². The topological polar surface area (TPSA) is 87.1 Å². The fraction of sp³-hybridized carbons (Fsp3) is 0.261. The molecule has 0 bridgehead atoms. The van der Waals surface area contributed by atoms with Gasteiger partial charge in [-0.2, -0.15) is 13.2 Å². The smallest absolute Gasteiger partial charge is 0.416 e. The van der Waals surface area contributed by atoms with Gasteiger partial charge in [0.1, 0.15) is 0 Å². The highest BCUT2D eigenvalue weighted by molar-refractivity contribution is 5.71. The van der Waals surface area contributed by atoms with Crippen molar-refractivity contribution in [3.8, 4) is 0 Å². The highest BCUT2D eigenvalue weighted by atomic mass is 19.4. The Morgan fingerprint density at radius 1 is 0.906 bits per heavy atom. The second-order valence-corrected chi connectivity index (χ2v) is 7.20. The summed E-state index contributed by atoms with van der Waals surface area (Å²) in [6, 6.07) is 14.6. The van der Waals surface area contributed by atoms with Gasteiger partial charge in [-0.3, -0.25) is 14.8 Å². The Morgan fingerprint density at radius 2 is 1.50 bits per heavy atom. The van der Waals surface area contributed by atoms with Gasteiger partial charge in [0, 0.05) is 38.1 Å². The lowest BCUT2D eigenvalue weighted by atomic mass is 9.91. The molecule has 0 fully saturated rings. The number of carbonyl (C=O) groups is 1. The lowest BCUT2D eigenvalue weighted by molar-refractivity contribution is -0.143. The largest absolute Gasteiger partial charge is 0.481 e. The molecular weight excluding hydrogens is 421 g/mol. The molecular formula is C23H23F3N4O2. The molecule has 168 valence electrons. The Balaban J connectivity index is 1.79. The van der Waals surface area contributed by atoms with E-state index in [1.54, 1.807) is 36.7 Å². The maximum absolute atomic E-state index is 13.0. The van der Waals surface area contributed by atoms with Crippen LogP contribution in [-0.4, -0.2) is 27.6 Å². The van der Waals surface area contributed by atoms with Gasteiger partial charge in [0.25, 0.3) is 0 Å². The molecule has 9 heteroatoms. The minimum Gasteiger partial charge on any atom is -0.481 e. The van der Waals surface area contributed by atoms with Crippen LogP contribution in [-0.2, 0) is 24.1 Å². The van der Waals surface area contributed by atoms with E-state index >= 15 is 0 Å². The zero-order chi connectivity index (χ0) is 23.0. The number of rotatable bonds is 10. The molecule has 3 rings (SSSR count). The number of hydrogen-bond donors (Lipinski definition) is 3. The summed E-state index contributed by atoms with van der Waals surface area (Å²) in [6.45, 7) is 0.716. The van der Waals surface area contributed by atoms with Crippen LogP contribution in [0.4, 0.5) is 13.2 Å². The number of benzene rings is 1. The number of carboxylic acid groups (broad SMARTS) is 1. The maximum atomic E-state index is 13.0. The van der Waals surface area contributed by atoms with E-state index < -0.39 is 29.7 Å². The van der Waals surface area contributed by atoms with Gasteiger partial charge in [0.2, 0.25) is 0 Å². The van der Waals surface area contributed by atoms with Crippen molar-refractivity contribution >= 4 is 5.97 Å². The van der Waals surface area contributed by atoms with Crippen LogP contribution in [0, 0.1) is 5.92 Å². The molecule has 1 aromatic carbocycles. The van der Waals surface area contributed by atoms with Gasteiger partial charge in [-0.25, -0.2) is 0 Å². The Bertz CT molecular complexity index is 984. The number of aliphatic carboxylic acids is 1. The van der Waals surface area contributed by atoms with Crippen LogP contribution in [0.1, 0.15) is 28.6 Å². The lowest BCUT2D eigenvalue weighted by Crippen LogP contribution is -2.39. The molecule has 3 N–H and O–H groups in total. The van der Waals surface area contributed by atoms with Gasteiger partial charge in [0.05, 0.1) is 22.9 Å². The molecule has 0 aliphatic carbocycles. The summed E-state index contributed by atoms with van der Waals surface area (Å²) >= 11 is 0. The van der Waals surface area contributed by atoms with Gasteiger partial charge >= 0.3 is 12.1 Å². The van der Waals surface area contributed by atoms with E-state index in [9.17, 15) is 23.1 Å². The van der Waals surface area contributed by atoms with E-state index in [2.05, 4.69) is 20.6 Å². The monoisotopic (exact) mass is 444 g/mol. The van der Waals surface area contributed by atoms with E-state index in [1.807, 2.05) is 12.1 Å². The van der Waals surface area contributed by atoms with Crippen LogP contribution < -0.4 is 10.6 Å². The van der Waals surface area contributed by atoms with Crippen molar-refractivity contribution in [2.45, 2.75) is 25.3 Å². The van der Waals surface area contributed by atoms with Crippen LogP contribution in [0.5, 0.6) is 0 Å². The normalized spacial score (nSPS) is 13.5. The third-order valence-electron chi connectivity index (χ3n) is 4.94. The second kappa shape index (κ2) is 10.8. The Morgan fingerprint density at radius 3 is 2.00 bits per heavy atom.